The zero-order valence-electron chi connectivity index (χ0n) is 13.6. The van der Waals surface area contributed by atoms with Gasteiger partial charge >= 0.3 is 0 Å². The number of hydrogen-bond acceptors (Lipinski definition) is 6. The predicted molar refractivity (Wildman–Crippen MR) is 91.7 cm³/mol. The third-order valence-electron chi connectivity index (χ3n) is 3.92. The molecule has 1 aromatic heterocycles. The molecule has 2 aromatic carbocycles. The van der Waals surface area contributed by atoms with E-state index in [0.717, 1.165) is 0 Å². The van der Waals surface area contributed by atoms with Crippen LogP contribution >= 0.6 is 0 Å². The molecule has 6 heteroatoms. The van der Waals surface area contributed by atoms with Crippen LogP contribution in [0.3, 0.4) is 0 Å². The lowest BCUT2D eigenvalue weighted by molar-refractivity contribution is 0.171. The normalized spacial score (nSPS) is 13.0. The summed E-state index contributed by atoms with van der Waals surface area (Å²) in [6.45, 7) is 3.26. The first-order chi connectivity index (χ1) is 12.2. The third-order valence-corrected chi connectivity index (χ3v) is 3.92. The molecule has 0 radical (unpaired) electrons. The fourth-order valence-electron chi connectivity index (χ4n) is 2.83. The zero-order valence-corrected chi connectivity index (χ0v) is 13.6. The summed E-state index contributed by atoms with van der Waals surface area (Å²) < 4.78 is 22.3. The van der Waals surface area contributed by atoms with Gasteiger partial charge in [-0.1, -0.05) is 0 Å². The van der Waals surface area contributed by atoms with Crippen molar-refractivity contribution in [1.82, 2.24) is 0 Å². The van der Waals surface area contributed by atoms with Crippen molar-refractivity contribution < 1.29 is 23.7 Å². The SMILES string of the molecule is CCOc1cc(O)c2c(=O)cc(-c3ccc4c(c3)OCCO4)oc2c1. The first-order valence-electron chi connectivity index (χ1n) is 7.99. The number of fused-ring (bicyclic) bond motifs is 2. The minimum atomic E-state index is -0.327. The summed E-state index contributed by atoms with van der Waals surface area (Å²) in [7, 11) is 0. The predicted octanol–water partition coefficient (Wildman–Crippen LogP) is 3.34. The van der Waals surface area contributed by atoms with Gasteiger partial charge in [0, 0.05) is 23.8 Å². The standard InChI is InChI=1S/C19H16O6/c1-2-22-12-8-13(20)19-14(21)10-16(25-18(19)9-12)11-3-4-15-17(7-11)24-6-5-23-15/h3-4,7-10,20H,2,5-6H2,1H3. The lowest BCUT2D eigenvalue weighted by Crippen LogP contribution is -2.15. The van der Waals surface area contributed by atoms with Gasteiger partial charge in [-0.05, 0) is 25.1 Å². The Morgan fingerprint density at radius 3 is 2.68 bits per heavy atom. The number of benzene rings is 2. The van der Waals surface area contributed by atoms with Crippen LogP contribution < -0.4 is 19.6 Å². The molecule has 0 amide bonds. The second kappa shape index (κ2) is 6.05. The van der Waals surface area contributed by atoms with Crippen molar-refractivity contribution in [2.24, 2.45) is 0 Å². The van der Waals surface area contributed by atoms with Crippen LogP contribution in [0.4, 0.5) is 0 Å². The fraction of sp³-hybridized carbons (Fsp3) is 0.211. The Morgan fingerprint density at radius 2 is 1.88 bits per heavy atom. The molecule has 128 valence electrons. The quantitative estimate of drug-likeness (QED) is 0.788. The molecule has 25 heavy (non-hydrogen) atoms. The van der Waals surface area contributed by atoms with E-state index in [4.69, 9.17) is 18.6 Å². The molecule has 1 aliphatic rings. The Balaban J connectivity index is 1.86. The summed E-state index contributed by atoms with van der Waals surface area (Å²) in [6, 6.07) is 9.71. The van der Waals surface area contributed by atoms with Gasteiger partial charge in [0.05, 0.1) is 6.61 Å². The summed E-state index contributed by atoms with van der Waals surface area (Å²) in [5.74, 6) is 1.92. The van der Waals surface area contributed by atoms with Gasteiger partial charge in [0.2, 0.25) is 0 Å². The average molecular weight is 340 g/mol. The van der Waals surface area contributed by atoms with Crippen molar-refractivity contribution in [3.63, 3.8) is 0 Å². The van der Waals surface area contributed by atoms with Crippen LogP contribution in [0.2, 0.25) is 0 Å². The summed E-state index contributed by atoms with van der Waals surface area (Å²) >= 11 is 0. The van der Waals surface area contributed by atoms with Crippen LogP contribution in [-0.2, 0) is 0 Å². The smallest absolute Gasteiger partial charge is 0.197 e. The van der Waals surface area contributed by atoms with Crippen molar-refractivity contribution >= 4 is 11.0 Å². The van der Waals surface area contributed by atoms with Crippen LogP contribution in [0.15, 0.2) is 45.6 Å². The summed E-state index contributed by atoms with van der Waals surface area (Å²) in [5.41, 5.74) is 0.622. The van der Waals surface area contributed by atoms with Crippen LogP contribution in [0.25, 0.3) is 22.3 Å². The van der Waals surface area contributed by atoms with Crippen molar-refractivity contribution in [3.05, 3.63) is 46.6 Å². The molecule has 2 heterocycles. The van der Waals surface area contributed by atoms with E-state index >= 15 is 0 Å². The molecular formula is C19H16O6. The van der Waals surface area contributed by atoms with Gasteiger partial charge in [-0.25, -0.2) is 0 Å². The van der Waals surface area contributed by atoms with Crippen LogP contribution in [0.1, 0.15) is 6.92 Å². The van der Waals surface area contributed by atoms with Crippen molar-refractivity contribution in [1.29, 1.82) is 0 Å². The Morgan fingerprint density at radius 1 is 1.08 bits per heavy atom. The molecule has 0 aliphatic carbocycles. The van der Waals surface area contributed by atoms with Crippen LogP contribution in [-0.4, -0.2) is 24.9 Å². The molecule has 0 unspecified atom stereocenters. The van der Waals surface area contributed by atoms with Crippen LogP contribution in [0, 0.1) is 0 Å². The molecule has 1 N–H and O–H groups in total. The highest BCUT2D eigenvalue weighted by molar-refractivity contribution is 5.86. The fourth-order valence-corrected chi connectivity index (χ4v) is 2.83. The number of ether oxygens (including phenoxy) is 3. The van der Waals surface area contributed by atoms with E-state index in [-0.39, 0.29) is 22.1 Å². The Labute approximate surface area is 143 Å². The molecule has 0 saturated heterocycles. The number of aromatic hydroxyl groups is 1. The molecule has 0 bridgehead atoms. The Bertz CT molecular complexity index is 1000. The highest BCUT2D eigenvalue weighted by Crippen LogP contribution is 2.36. The number of phenolic OH excluding ortho intramolecular Hbond substituents is 1. The van der Waals surface area contributed by atoms with Crippen LogP contribution in [0.5, 0.6) is 23.0 Å². The maximum atomic E-state index is 12.4. The van der Waals surface area contributed by atoms with Gasteiger partial charge in [0.1, 0.15) is 41.4 Å². The summed E-state index contributed by atoms with van der Waals surface area (Å²) in [5, 5.41) is 10.2. The van der Waals surface area contributed by atoms with Gasteiger partial charge in [0.15, 0.2) is 16.9 Å². The zero-order chi connectivity index (χ0) is 17.4. The van der Waals surface area contributed by atoms with E-state index in [1.165, 1.54) is 12.1 Å². The molecule has 0 spiro atoms. The third kappa shape index (κ3) is 2.76. The Kier molecular flexibility index (Phi) is 3.72. The summed E-state index contributed by atoms with van der Waals surface area (Å²) in [6.07, 6.45) is 0. The molecule has 4 rings (SSSR count). The maximum Gasteiger partial charge on any atom is 0.197 e. The van der Waals surface area contributed by atoms with Gasteiger partial charge in [-0.3, -0.25) is 4.79 Å². The minimum absolute atomic E-state index is 0.129. The lowest BCUT2D eigenvalue weighted by Gasteiger charge is -2.18. The lowest BCUT2D eigenvalue weighted by atomic mass is 10.1. The second-order valence-corrected chi connectivity index (χ2v) is 5.58. The monoisotopic (exact) mass is 340 g/mol. The first kappa shape index (κ1) is 15.4. The average Bonchev–Trinajstić information content (AvgIpc) is 2.61. The summed E-state index contributed by atoms with van der Waals surface area (Å²) in [4.78, 5) is 12.4. The van der Waals surface area contributed by atoms with Gasteiger partial charge in [0.25, 0.3) is 0 Å². The van der Waals surface area contributed by atoms with E-state index in [0.29, 0.717) is 48.4 Å². The van der Waals surface area contributed by atoms with E-state index in [2.05, 4.69) is 0 Å². The molecule has 1 aliphatic heterocycles. The number of rotatable bonds is 3. The molecule has 6 nitrogen and oxygen atoms in total. The highest BCUT2D eigenvalue weighted by Gasteiger charge is 2.16. The van der Waals surface area contributed by atoms with E-state index in [9.17, 15) is 9.90 Å². The molecule has 0 fully saturated rings. The second-order valence-electron chi connectivity index (χ2n) is 5.58. The van der Waals surface area contributed by atoms with E-state index < -0.39 is 0 Å². The van der Waals surface area contributed by atoms with Crippen molar-refractivity contribution in [2.45, 2.75) is 6.92 Å². The van der Waals surface area contributed by atoms with Gasteiger partial charge < -0.3 is 23.7 Å². The molecule has 0 saturated carbocycles. The molecule has 0 atom stereocenters. The largest absolute Gasteiger partial charge is 0.507 e. The van der Waals surface area contributed by atoms with E-state index in [1.807, 2.05) is 6.92 Å². The minimum Gasteiger partial charge on any atom is -0.507 e. The maximum absolute atomic E-state index is 12.4. The van der Waals surface area contributed by atoms with Gasteiger partial charge in [-0.2, -0.15) is 0 Å². The molecular weight excluding hydrogens is 324 g/mol. The van der Waals surface area contributed by atoms with Crippen molar-refractivity contribution in [2.75, 3.05) is 19.8 Å². The first-order valence-corrected chi connectivity index (χ1v) is 7.99. The Hall–Kier alpha value is -3.15. The molecule has 3 aromatic rings. The van der Waals surface area contributed by atoms with Crippen molar-refractivity contribution in [3.8, 4) is 34.3 Å². The number of phenols is 1. The van der Waals surface area contributed by atoms with E-state index in [1.54, 1.807) is 24.3 Å². The van der Waals surface area contributed by atoms with Gasteiger partial charge in [-0.15, -0.1) is 0 Å². The topological polar surface area (TPSA) is 78.1 Å². The highest BCUT2D eigenvalue weighted by atomic mass is 16.6. The number of hydrogen-bond donors (Lipinski definition) is 1.